The number of hydrogen-bond acceptors (Lipinski definition) is 10. The Hall–Kier alpha value is -2.79. The highest BCUT2D eigenvalue weighted by atomic mass is 16.5. The molecule has 2 aromatic rings. The first-order chi connectivity index (χ1) is 10.1. The summed E-state index contributed by atoms with van der Waals surface area (Å²) in [6, 6.07) is -0.656. The summed E-state index contributed by atoms with van der Waals surface area (Å²) in [7, 11) is 1.30. The Labute approximate surface area is 119 Å². The number of tetrazole rings is 2. The average Bonchev–Trinajstić information content (AvgIpc) is 3.07. The fourth-order valence-corrected chi connectivity index (χ4v) is 1.87. The van der Waals surface area contributed by atoms with Crippen LogP contribution in [0.15, 0.2) is 0 Å². The highest BCUT2D eigenvalue weighted by Gasteiger charge is 2.24. The van der Waals surface area contributed by atoms with Crippen molar-refractivity contribution in [2.24, 2.45) is 0 Å². The molecule has 0 fully saturated rings. The number of methoxy groups -OCH3 is 1. The van der Waals surface area contributed by atoms with E-state index in [1.807, 2.05) is 0 Å². The van der Waals surface area contributed by atoms with E-state index in [9.17, 15) is 4.79 Å². The van der Waals surface area contributed by atoms with Gasteiger partial charge in [-0.2, -0.15) is 4.68 Å². The highest BCUT2D eigenvalue weighted by Crippen LogP contribution is 2.18. The number of carbonyl (C=O) groups excluding carboxylic acids is 1. The summed E-state index contributed by atoms with van der Waals surface area (Å²) in [5, 5.41) is 21.4. The zero-order valence-corrected chi connectivity index (χ0v) is 11.5. The second-order valence-electron chi connectivity index (χ2n) is 4.28. The van der Waals surface area contributed by atoms with E-state index in [0.717, 1.165) is 6.42 Å². The van der Waals surface area contributed by atoms with Gasteiger partial charge in [0.1, 0.15) is 0 Å². The van der Waals surface area contributed by atoms with Crippen LogP contribution in [0.1, 0.15) is 25.3 Å². The van der Waals surface area contributed by atoms with E-state index in [1.54, 1.807) is 0 Å². The number of ether oxygens (including phenoxy) is 1. The molecule has 0 unspecified atom stereocenters. The molecule has 0 aliphatic rings. The molecule has 0 saturated heterocycles. The van der Waals surface area contributed by atoms with Gasteiger partial charge >= 0.3 is 5.97 Å². The molecule has 2 heterocycles. The number of nitrogen functional groups attached to an aromatic ring is 2. The normalized spacial score (nSPS) is 12.2. The van der Waals surface area contributed by atoms with Crippen molar-refractivity contribution < 1.29 is 9.53 Å². The van der Waals surface area contributed by atoms with Gasteiger partial charge in [-0.25, -0.2) is 9.48 Å². The maximum Gasteiger partial charge on any atom is 0.330 e. The van der Waals surface area contributed by atoms with Crippen LogP contribution in [0.2, 0.25) is 0 Å². The highest BCUT2D eigenvalue weighted by molar-refractivity contribution is 5.74. The summed E-state index contributed by atoms with van der Waals surface area (Å²) in [6.07, 6.45) is 1.90. The Bertz CT molecular complexity index is 593. The minimum absolute atomic E-state index is 0.0649. The maximum absolute atomic E-state index is 11.8. The molecule has 0 radical (unpaired) electrons. The van der Waals surface area contributed by atoms with Gasteiger partial charge in [-0.15, -0.1) is 0 Å². The lowest BCUT2D eigenvalue weighted by molar-refractivity contribution is -0.145. The van der Waals surface area contributed by atoms with Crippen LogP contribution in [-0.4, -0.2) is 53.5 Å². The van der Waals surface area contributed by atoms with E-state index < -0.39 is 12.0 Å². The lowest BCUT2D eigenvalue weighted by atomic mass is 10.1. The minimum atomic E-state index is -0.656. The minimum Gasteiger partial charge on any atom is -0.467 e. The van der Waals surface area contributed by atoms with Crippen molar-refractivity contribution >= 4 is 17.9 Å². The molecular formula is C9H16N10O2. The molecule has 0 aliphatic heterocycles. The summed E-state index contributed by atoms with van der Waals surface area (Å²) in [4.78, 5) is 11.8. The van der Waals surface area contributed by atoms with Gasteiger partial charge in [0, 0.05) is 6.54 Å². The molecule has 2 aromatic heterocycles. The van der Waals surface area contributed by atoms with Crippen LogP contribution in [-0.2, 0) is 16.1 Å². The van der Waals surface area contributed by atoms with Crippen molar-refractivity contribution in [3.8, 4) is 0 Å². The molecule has 4 N–H and O–H groups in total. The summed E-state index contributed by atoms with van der Waals surface area (Å²) in [5.41, 5.74) is 11.2. The largest absolute Gasteiger partial charge is 0.467 e. The molecule has 114 valence electrons. The third-order valence-corrected chi connectivity index (χ3v) is 2.94. The summed E-state index contributed by atoms with van der Waals surface area (Å²) in [5.74, 6) is -0.129. The van der Waals surface area contributed by atoms with Crippen LogP contribution in [0.5, 0.6) is 0 Å². The van der Waals surface area contributed by atoms with E-state index in [-0.39, 0.29) is 11.9 Å². The van der Waals surface area contributed by atoms with Crippen molar-refractivity contribution in [1.29, 1.82) is 0 Å². The Morgan fingerprint density at radius 2 is 1.90 bits per heavy atom. The lowest BCUT2D eigenvalue weighted by Crippen LogP contribution is -2.23. The van der Waals surface area contributed by atoms with Crippen LogP contribution in [0, 0.1) is 0 Å². The topological polar surface area (TPSA) is 166 Å². The first-order valence-corrected chi connectivity index (χ1v) is 6.26. The predicted molar refractivity (Wildman–Crippen MR) is 69.4 cm³/mol. The number of esters is 1. The fourth-order valence-electron chi connectivity index (χ4n) is 1.87. The number of aromatic nitrogens is 8. The van der Waals surface area contributed by atoms with Crippen molar-refractivity contribution in [3.05, 3.63) is 0 Å². The van der Waals surface area contributed by atoms with Gasteiger partial charge in [-0.3, -0.25) is 0 Å². The Balaban J connectivity index is 1.90. The Kier molecular flexibility index (Phi) is 4.58. The molecule has 0 aliphatic carbocycles. The number of unbranched alkanes of at least 4 members (excludes halogenated alkanes) is 1. The Morgan fingerprint density at radius 3 is 2.48 bits per heavy atom. The van der Waals surface area contributed by atoms with Gasteiger partial charge < -0.3 is 16.2 Å². The van der Waals surface area contributed by atoms with E-state index in [0.29, 0.717) is 19.4 Å². The lowest BCUT2D eigenvalue weighted by Gasteiger charge is -2.14. The number of nitrogens with zero attached hydrogens (tertiary/aromatic N) is 8. The van der Waals surface area contributed by atoms with Crippen LogP contribution in [0.3, 0.4) is 0 Å². The number of carbonyl (C=O) groups is 1. The molecule has 21 heavy (non-hydrogen) atoms. The number of anilines is 2. The van der Waals surface area contributed by atoms with Crippen LogP contribution in [0.25, 0.3) is 0 Å². The standard InChI is InChI=1S/C9H16N10O2/c1-21-7(20)6(19-9(11)13-15-17-19)4-2-3-5-18-8(10)12-14-16-18/h6H,2-5H2,1H3,(H2,10,12,16)(H2,11,13,17)/t6-/m1/s1. The first-order valence-electron chi connectivity index (χ1n) is 6.26. The SMILES string of the molecule is COC(=O)[C@@H](CCCCn1nnnc1N)n1nnnc1N. The molecule has 12 heteroatoms. The first kappa shape index (κ1) is 14.6. The van der Waals surface area contributed by atoms with Crippen LogP contribution < -0.4 is 11.5 Å². The summed E-state index contributed by atoms with van der Waals surface area (Å²) in [6.45, 7) is 0.553. The van der Waals surface area contributed by atoms with Crippen molar-refractivity contribution in [3.63, 3.8) is 0 Å². The molecule has 0 aromatic carbocycles. The third-order valence-electron chi connectivity index (χ3n) is 2.94. The zero-order chi connectivity index (χ0) is 15.2. The van der Waals surface area contributed by atoms with Crippen LogP contribution in [0.4, 0.5) is 11.9 Å². The van der Waals surface area contributed by atoms with Crippen molar-refractivity contribution in [2.75, 3.05) is 18.6 Å². The summed E-state index contributed by atoms with van der Waals surface area (Å²) >= 11 is 0. The smallest absolute Gasteiger partial charge is 0.330 e. The van der Waals surface area contributed by atoms with E-state index in [2.05, 4.69) is 31.1 Å². The van der Waals surface area contributed by atoms with Crippen molar-refractivity contribution in [2.45, 2.75) is 31.8 Å². The molecular weight excluding hydrogens is 280 g/mol. The van der Waals surface area contributed by atoms with Crippen molar-refractivity contribution in [1.82, 2.24) is 40.4 Å². The average molecular weight is 296 g/mol. The number of aryl methyl sites for hydroxylation is 1. The maximum atomic E-state index is 11.8. The second kappa shape index (κ2) is 6.58. The van der Waals surface area contributed by atoms with E-state index in [4.69, 9.17) is 16.2 Å². The monoisotopic (exact) mass is 296 g/mol. The molecule has 12 nitrogen and oxygen atoms in total. The van der Waals surface area contributed by atoms with Crippen LogP contribution >= 0.6 is 0 Å². The Morgan fingerprint density at radius 1 is 1.19 bits per heavy atom. The number of hydrogen-bond donors (Lipinski definition) is 2. The van der Waals surface area contributed by atoms with Gasteiger partial charge in [0.05, 0.1) is 7.11 Å². The summed E-state index contributed by atoms with van der Waals surface area (Å²) < 4.78 is 7.48. The second-order valence-corrected chi connectivity index (χ2v) is 4.28. The number of nitrogens with two attached hydrogens (primary N) is 2. The van der Waals surface area contributed by atoms with Gasteiger partial charge in [-0.1, -0.05) is 10.2 Å². The van der Waals surface area contributed by atoms with Gasteiger partial charge in [0.15, 0.2) is 6.04 Å². The van der Waals surface area contributed by atoms with Gasteiger partial charge in [0.25, 0.3) is 0 Å². The van der Waals surface area contributed by atoms with E-state index >= 15 is 0 Å². The molecule has 0 bridgehead atoms. The van der Waals surface area contributed by atoms with Gasteiger partial charge in [0.2, 0.25) is 11.9 Å². The number of rotatable bonds is 7. The molecule has 0 spiro atoms. The molecule has 0 saturated carbocycles. The quantitative estimate of drug-likeness (QED) is 0.449. The van der Waals surface area contributed by atoms with Gasteiger partial charge in [-0.05, 0) is 40.1 Å². The fraction of sp³-hybridized carbons (Fsp3) is 0.667. The molecule has 2 rings (SSSR count). The predicted octanol–water partition coefficient (Wildman–Crippen LogP) is -1.59. The molecule has 1 atom stereocenters. The third kappa shape index (κ3) is 3.40. The molecule has 0 amide bonds. The van der Waals surface area contributed by atoms with E-state index in [1.165, 1.54) is 16.5 Å². The zero-order valence-electron chi connectivity index (χ0n) is 11.5.